The first-order valence-corrected chi connectivity index (χ1v) is 6.40. The molecule has 1 fully saturated rings. The third kappa shape index (κ3) is 2.51. The van der Waals surface area contributed by atoms with E-state index >= 15 is 0 Å². The zero-order valence-electron chi connectivity index (χ0n) is 12.2. The zero-order valence-corrected chi connectivity index (χ0v) is 12.2. The summed E-state index contributed by atoms with van der Waals surface area (Å²) in [6, 6.07) is 3.54. The fourth-order valence-electron chi connectivity index (χ4n) is 2.10. The van der Waals surface area contributed by atoms with E-state index in [1.165, 1.54) is 14.2 Å². The molecule has 1 aromatic carbocycles. The summed E-state index contributed by atoms with van der Waals surface area (Å²) in [7, 11) is 6.41. The Morgan fingerprint density at radius 1 is 1.10 bits per heavy atom. The minimum absolute atomic E-state index is 0.0886. The standard InChI is InChI=1S/C14H20N2O4/c1-16(9-7-15-8-9)14(17)10-5-12(19-3)13(20-4)6-11(10)18-2/h5-6,9,15H,7-8H2,1-4H3. The van der Waals surface area contributed by atoms with E-state index < -0.39 is 0 Å². The minimum atomic E-state index is -0.0886. The highest BCUT2D eigenvalue weighted by atomic mass is 16.5. The van der Waals surface area contributed by atoms with Gasteiger partial charge < -0.3 is 24.4 Å². The van der Waals surface area contributed by atoms with Gasteiger partial charge in [-0.05, 0) is 0 Å². The van der Waals surface area contributed by atoms with Gasteiger partial charge in [0, 0.05) is 32.3 Å². The number of rotatable bonds is 5. The van der Waals surface area contributed by atoms with E-state index in [4.69, 9.17) is 14.2 Å². The lowest BCUT2D eigenvalue weighted by molar-refractivity contribution is 0.0677. The van der Waals surface area contributed by atoms with Gasteiger partial charge in [-0.3, -0.25) is 4.79 Å². The third-order valence-corrected chi connectivity index (χ3v) is 3.56. The molecule has 0 atom stereocenters. The number of carbonyl (C=O) groups excluding carboxylic acids is 1. The first kappa shape index (κ1) is 14.5. The Morgan fingerprint density at radius 2 is 1.65 bits per heavy atom. The first-order chi connectivity index (χ1) is 9.62. The molecule has 1 aliphatic rings. The molecule has 1 amide bonds. The summed E-state index contributed by atoms with van der Waals surface area (Å²) in [4.78, 5) is 14.3. The monoisotopic (exact) mass is 280 g/mol. The van der Waals surface area contributed by atoms with Crippen molar-refractivity contribution in [1.29, 1.82) is 0 Å². The third-order valence-electron chi connectivity index (χ3n) is 3.56. The van der Waals surface area contributed by atoms with Crippen LogP contribution in [0.25, 0.3) is 0 Å². The van der Waals surface area contributed by atoms with Crippen LogP contribution in [0.15, 0.2) is 12.1 Å². The summed E-state index contributed by atoms with van der Waals surface area (Å²) in [6.45, 7) is 1.63. The van der Waals surface area contributed by atoms with Crippen LogP contribution in [0, 0.1) is 0 Å². The van der Waals surface area contributed by atoms with E-state index in [9.17, 15) is 4.79 Å². The van der Waals surface area contributed by atoms with Gasteiger partial charge in [-0.15, -0.1) is 0 Å². The number of hydrogen-bond donors (Lipinski definition) is 1. The maximum atomic E-state index is 12.5. The lowest BCUT2D eigenvalue weighted by atomic mass is 10.1. The van der Waals surface area contributed by atoms with Crippen LogP contribution in [0.4, 0.5) is 0 Å². The Kier molecular flexibility index (Phi) is 4.34. The molecule has 0 bridgehead atoms. The van der Waals surface area contributed by atoms with Gasteiger partial charge in [0.05, 0.1) is 32.9 Å². The number of nitrogens with one attached hydrogen (secondary N) is 1. The molecule has 0 spiro atoms. The molecule has 0 aromatic heterocycles. The molecule has 1 aromatic rings. The van der Waals surface area contributed by atoms with Crippen molar-refractivity contribution in [3.63, 3.8) is 0 Å². The second kappa shape index (κ2) is 6.00. The molecule has 1 N–H and O–H groups in total. The van der Waals surface area contributed by atoms with Crippen LogP contribution in [-0.4, -0.2) is 58.3 Å². The van der Waals surface area contributed by atoms with Crippen molar-refractivity contribution in [2.45, 2.75) is 6.04 Å². The molecule has 0 aliphatic carbocycles. The maximum absolute atomic E-state index is 12.5. The lowest BCUT2D eigenvalue weighted by Crippen LogP contribution is -2.57. The van der Waals surface area contributed by atoms with E-state index in [0.717, 1.165) is 13.1 Å². The average molecular weight is 280 g/mol. The van der Waals surface area contributed by atoms with Crippen LogP contribution >= 0.6 is 0 Å². The summed E-state index contributed by atoms with van der Waals surface area (Å²) >= 11 is 0. The molecular weight excluding hydrogens is 260 g/mol. The molecule has 20 heavy (non-hydrogen) atoms. The van der Waals surface area contributed by atoms with Gasteiger partial charge in [-0.1, -0.05) is 0 Å². The van der Waals surface area contributed by atoms with Gasteiger partial charge in [0.1, 0.15) is 5.75 Å². The molecule has 6 heteroatoms. The molecule has 1 saturated heterocycles. The lowest BCUT2D eigenvalue weighted by Gasteiger charge is -2.35. The van der Waals surface area contributed by atoms with Crippen LogP contribution < -0.4 is 19.5 Å². The Hall–Kier alpha value is -1.95. The number of likely N-dealkylation sites (N-methyl/N-ethyl adjacent to an activating group) is 1. The number of ether oxygens (including phenoxy) is 3. The van der Waals surface area contributed by atoms with E-state index in [1.807, 2.05) is 0 Å². The van der Waals surface area contributed by atoms with E-state index in [0.29, 0.717) is 22.8 Å². The van der Waals surface area contributed by atoms with E-state index in [2.05, 4.69) is 5.32 Å². The summed E-state index contributed by atoms with van der Waals surface area (Å²) in [5.41, 5.74) is 0.472. The number of hydrogen-bond acceptors (Lipinski definition) is 5. The SMILES string of the molecule is COc1cc(OC)c(C(=O)N(C)C2CNC2)cc1OC. The maximum Gasteiger partial charge on any atom is 0.257 e. The summed E-state index contributed by atoms with van der Waals surface area (Å²) in [6.07, 6.45) is 0. The minimum Gasteiger partial charge on any atom is -0.496 e. The fraction of sp³-hybridized carbons (Fsp3) is 0.500. The Labute approximate surface area is 118 Å². The highest BCUT2D eigenvalue weighted by Gasteiger charge is 2.28. The molecule has 0 unspecified atom stereocenters. The topological polar surface area (TPSA) is 60.0 Å². The molecule has 6 nitrogen and oxygen atoms in total. The average Bonchev–Trinajstić information content (AvgIpc) is 2.42. The van der Waals surface area contributed by atoms with Crippen molar-refractivity contribution < 1.29 is 19.0 Å². The second-order valence-electron chi connectivity index (χ2n) is 4.64. The van der Waals surface area contributed by atoms with Gasteiger partial charge in [0.25, 0.3) is 5.91 Å². The highest BCUT2D eigenvalue weighted by Crippen LogP contribution is 2.35. The van der Waals surface area contributed by atoms with Gasteiger partial charge in [0.15, 0.2) is 11.5 Å². The Bertz CT molecular complexity index is 500. The van der Waals surface area contributed by atoms with Gasteiger partial charge >= 0.3 is 0 Å². The van der Waals surface area contributed by atoms with Crippen molar-refractivity contribution in [3.8, 4) is 17.2 Å². The second-order valence-corrected chi connectivity index (χ2v) is 4.64. The molecular formula is C14H20N2O4. The van der Waals surface area contributed by atoms with Crippen molar-refractivity contribution >= 4 is 5.91 Å². The first-order valence-electron chi connectivity index (χ1n) is 6.40. The predicted molar refractivity (Wildman–Crippen MR) is 74.8 cm³/mol. The quantitative estimate of drug-likeness (QED) is 0.862. The van der Waals surface area contributed by atoms with Crippen molar-refractivity contribution in [2.75, 3.05) is 41.5 Å². The smallest absolute Gasteiger partial charge is 0.257 e. The highest BCUT2D eigenvalue weighted by molar-refractivity contribution is 5.98. The van der Waals surface area contributed by atoms with Crippen LogP contribution in [0.2, 0.25) is 0 Å². The van der Waals surface area contributed by atoms with E-state index in [-0.39, 0.29) is 11.9 Å². The summed E-state index contributed by atoms with van der Waals surface area (Å²) in [5.74, 6) is 1.44. The normalized spacial score (nSPS) is 14.4. The fourth-order valence-corrected chi connectivity index (χ4v) is 2.10. The number of methoxy groups -OCH3 is 3. The number of amides is 1. The van der Waals surface area contributed by atoms with Crippen molar-refractivity contribution in [1.82, 2.24) is 10.2 Å². The van der Waals surface area contributed by atoms with Crippen LogP contribution in [0.5, 0.6) is 17.2 Å². The van der Waals surface area contributed by atoms with Crippen molar-refractivity contribution in [3.05, 3.63) is 17.7 Å². The van der Waals surface area contributed by atoms with Crippen LogP contribution in [0.1, 0.15) is 10.4 Å². The molecule has 1 heterocycles. The molecule has 2 rings (SSSR count). The molecule has 0 saturated carbocycles. The number of benzene rings is 1. The summed E-state index contributed by atoms with van der Waals surface area (Å²) < 4.78 is 15.7. The summed E-state index contributed by atoms with van der Waals surface area (Å²) in [5, 5.41) is 3.15. The molecule has 0 radical (unpaired) electrons. The number of nitrogens with zero attached hydrogens (tertiary/aromatic N) is 1. The van der Waals surface area contributed by atoms with Gasteiger partial charge in [-0.25, -0.2) is 0 Å². The van der Waals surface area contributed by atoms with Crippen LogP contribution in [0.3, 0.4) is 0 Å². The Balaban J connectivity index is 2.35. The largest absolute Gasteiger partial charge is 0.496 e. The Morgan fingerprint density at radius 3 is 2.10 bits per heavy atom. The van der Waals surface area contributed by atoms with E-state index in [1.54, 1.807) is 31.2 Å². The van der Waals surface area contributed by atoms with Gasteiger partial charge in [0.2, 0.25) is 0 Å². The van der Waals surface area contributed by atoms with Gasteiger partial charge in [-0.2, -0.15) is 0 Å². The number of carbonyl (C=O) groups is 1. The van der Waals surface area contributed by atoms with Crippen molar-refractivity contribution in [2.24, 2.45) is 0 Å². The molecule has 1 aliphatic heterocycles. The predicted octanol–water partition coefficient (Wildman–Crippen LogP) is 0.756. The molecule has 110 valence electrons. The van der Waals surface area contributed by atoms with Crippen LogP contribution in [-0.2, 0) is 0 Å². The zero-order chi connectivity index (χ0) is 14.7.